The first-order valence-corrected chi connectivity index (χ1v) is 8.85. The maximum absolute atomic E-state index is 6.10. The molecule has 0 amide bonds. The van der Waals surface area contributed by atoms with Gasteiger partial charge >= 0.3 is 0 Å². The summed E-state index contributed by atoms with van der Waals surface area (Å²) in [5, 5.41) is 7.45. The highest BCUT2D eigenvalue weighted by Crippen LogP contribution is 2.37. The molecule has 2 heterocycles. The number of benzene rings is 2. The van der Waals surface area contributed by atoms with Gasteiger partial charge in [-0.3, -0.25) is 0 Å². The van der Waals surface area contributed by atoms with Crippen molar-refractivity contribution in [1.29, 1.82) is 0 Å². The summed E-state index contributed by atoms with van der Waals surface area (Å²) < 4.78 is 0. The van der Waals surface area contributed by atoms with Gasteiger partial charge in [0.2, 0.25) is 0 Å². The topological polar surface area (TPSA) is 37.8 Å². The van der Waals surface area contributed by atoms with Crippen LogP contribution >= 0.6 is 46.9 Å². The third kappa shape index (κ3) is 3.58. The van der Waals surface area contributed by atoms with Crippen LogP contribution in [0.25, 0.3) is 21.3 Å². The van der Waals surface area contributed by atoms with Gasteiger partial charge in [0.1, 0.15) is 17.0 Å². The summed E-state index contributed by atoms with van der Waals surface area (Å²) in [6.45, 7) is 0. The number of anilines is 2. The number of nitrogens with zero attached hydrogens (tertiary/aromatic N) is 2. The normalized spacial score (nSPS) is 10.5. The van der Waals surface area contributed by atoms with Crippen LogP contribution in [-0.2, 0) is 0 Å². The molecule has 0 atom stereocenters. The predicted molar refractivity (Wildman–Crippen MR) is 110 cm³/mol. The Morgan fingerprint density at radius 2 is 1.72 bits per heavy atom. The molecule has 0 saturated heterocycles. The minimum Gasteiger partial charge on any atom is -0.340 e. The second-order valence-electron chi connectivity index (χ2n) is 5.17. The number of nitrogens with one attached hydrogen (secondary N) is 1. The minimum absolute atomic E-state index is 0. The van der Waals surface area contributed by atoms with Crippen LogP contribution in [0.5, 0.6) is 0 Å². The molecule has 2 aromatic carbocycles. The van der Waals surface area contributed by atoms with Crippen molar-refractivity contribution < 1.29 is 0 Å². The van der Waals surface area contributed by atoms with Crippen molar-refractivity contribution in [3.63, 3.8) is 0 Å². The van der Waals surface area contributed by atoms with Crippen molar-refractivity contribution in [1.82, 2.24) is 9.97 Å². The van der Waals surface area contributed by atoms with Gasteiger partial charge in [-0.15, -0.1) is 23.7 Å². The molecule has 0 saturated carbocycles. The Hall–Kier alpha value is -1.85. The second-order valence-corrected chi connectivity index (χ2v) is 6.84. The lowest BCUT2D eigenvalue weighted by Crippen LogP contribution is -1.95. The van der Waals surface area contributed by atoms with E-state index < -0.39 is 0 Å². The van der Waals surface area contributed by atoms with Crippen molar-refractivity contribution in [3.8, 4) is 11.1 Å². The largest absolute Gasteiger partial charge is 0.340 e. The first-order chi connectivity index (χ1) is 11.7. The van der Waals surface area contributed by atoms with E-state index in [9.17, 15) is 0 Å². The van der Waals surface area contributed by atoms with Crippen molar-refractivity contribution in [3.05, 3.63) is 70.3 Å². The molecular formula is C18H12Cl3N3S. The Balaban J connectivity index is 0.00000182. The maximum Gasteiger partial charge on any atom is 0.143 e. The molecule has 0 spiro atoms. The van der Waals surface area contributed by atoms with E-state index in [1.807, 2.05) is 24.3 Å². The van der Waals surface area contributed by atoms with Gasteiger partial charge in [-0.1, -0.05) is 53.5 Å². The molecule has 4 aromatic rings. The number of thiophene rings is 1. The van der Waals surface area contributed by atoms with E-state index in [1.54, 1.807) is 29.8 Å². The van der Waals surface area contributed by atoms with Crippen LogP contribution in [0.15, 0.2) is 60.2 Å². The van der Waals surface area contributed by atoms with Gasteiger partial charge in [0, 0.05) is 16.6 Å². The zero-order chi connectivity index (χ0) is 16.5. The van der Waals surface area contributed by atoms with Crippen LogP contribution in [0.4, 0.5) is 11.5 Å². The van der Waals surface area contributed by atoms with Crippen LogP contribution in [0, 0.1) is 0 Å². The molecule has 4 rings (SSSR count). The van der Waals surface area contributed by atoms with Gasteiger partial charge in [-0.2, -0.15) is 0 Å². The summed E-state index contributed by atoms with van der Waals surface area (Å²) in [6.07, 6.45) is 1.56. The monoisotopic (exact) mass is 407 g/mol. The van der Waals surface area contributed by atoms with E-state index in [4.69, 9.17) is 23.2 Å². The Bertz CT molecular complexity index is 1020. The van der Waals surface area contributed by atoms with Crippen LogP contribution in [0.3, 0.4) is 0 Å². The van der Waals surface area contributed by atoms with Crippen molar-refractivity contribution in [2.45, 2.75) is 0 Å². The highest BCUT2D eigenvalue weighted by molar-refractivity contribution is 7.17. The fourth-order valence-electron chi connectivity index (χ4n) is 2.51. The second kappa shape index (κ2) is 7.58. The zero-order valence-corrected chi connectivity index (χ0v) is 15.9. The average Bonchev–Trinajstić information content (AvgIpc) is 3.04. The average molecular weight is 409 g/mol. The first-order valence-electron chi connectivity index (χ1n) is 7.22. The number of halogens is 3. The standard InChI is InChI=1S/C18H11Cl2N3S.ClH/c19-14-7-6-12(8-15(14)20)23-17-16-13(11-4-2-1-3-5-11)9-24-18(16)22-10-21-17;/h1-10H,(H,21,22,23);1H. The highest BCUT2D eigenvalue weighted by atomic mass is 35.5. The molecule has 0 radical (unpaired) electrons. The van der Waals surface area contributed by atoms with Crippen molar-refractivity contribution in [2.75, 3.05) is 5.32 Å². The number of hydrogen-bond acceptors (Lipinski definition) is 4. The smallest absolute Gasteiger partial charge is 0.143 e. The molecule has 25 heavy (non-hydrogen) atoms. The molecule has 7 heteroatoms. The lowest BCUT2D eigenvalue weighted by molar-refractivity contribution is 1.23. The summed E-state index contributed by atoms with van der Waals surface area (Å²) in [6, 6.07) is 15.6. The summed E-state index contributed by atoms with van der Waals surface area (Å²) >= 11 is 13.7. The molecule has 0 aliphatic carbocycles. The molecule has 0 aliphatic heterocycles. The number of fused-ring (bicyclic) bond motifs is 1. The molecule has 0 aliphatic rings. The molecule has 126 valence electrons. The lowest BCUT2D eigenvalue weighted by Gasteiger charge is -2.09. The maximum atomic E-state index is 6.10. The molecule has 1 N–H and O–H groups in total. The molecule has 3 nitrogen and oxygen atoms in total. The van der Waals surface area contributed by atoms with Gasteiger partial charge in [-0.25, -0.2) is 9.97 Å². The predicted octanol–water partition coefficient (Wildman–Crippen LogP) is 6.83. The quantitative estimate of drug-likeness (QED) is 0.403. The van der Waals surface area contributed by atoms with E-state index in [0.29, 0.717) is 10.0 Å². The Morgan fingerprint density at radius 3 is 2.48 bits per heavy atom. The molecule has 0 unspecified atom stereocenters. The zero-order valence-electron chi connectivity index (χ0n) is 12.7. The lowest BCUT2D eigenvalue weighted by atomic mass is 10.1. The SMILES string of the molecule is Cl.Clc1ccc(Nc2ncnc3scc(-c4ccccc4)c23)cc1Cl. The van der Waals surface area contributed by atoms with E-state index in [-0.39, 0.29) is 12.4 Å². The molecular weight excluding hydrogens is 397 g/mol. The number of rotatable bonds is 3. The van der Waals surface area contributed by atoms with Crippen LogP contribution in [-0.4, -0.2) is 9.97 Å². The Labute approximate surface area is 165 Å². The van der Waals surface area contributed by atoms with Gasteiger partial charge in [0.15, 0.2) is 0 Å². The van der Waals surface area contributed by atoms with Crippen molar-refractivity contribution >= 4 is 68.7 Å². The fourth-order valence-corrected chi connectivity index (χ4v) is 3.72. The Morgan fingerprint density at radius 1 is 0.920 bits per heavy atom. The molecule has 0 fully saturated rings. The van der Waals surface area contributed by atoms with Crippen molar-refractivity contribution in [2.24, 2.45) is 0 Å². The summed E-state index contributed by atoms with van der Waals surface area (Å²) in [7, 11) is 0. The number of hydrogen-bond donors (Lipinski definition) is 1. The van der Waals surface area contributed by atoms with Gasteiger partial charge in [0.05, 0.1) is 15.4 Å². The minimum atomic E-state index is 0. The third-order valence-corrected chi connectivity index (χ3v) is 5.26. The summed E-state index contributed by atoms with van der Waals surface area (Å²) in [5.41, 5.74) is 3.07. The first kappa shape index (κ1) is 18.0. The molecule has 0 bridgehead atoms. The van der Waals surface area contributed by atoms with E-state index >= 15 is 0 Å². The van der Waals surface area contributed by atoms with E-state index in [1.165, 1.54) is 0 Å². The van der Waals surface area contributed by atoms with Gasteiger partial charge in [-0.05, 0) is 23.8 Å². The van der Waals surface area contributed by atoms with Crippen LogP contribution in [0.1, 0.15) is 0 Å². The van der Waals surface area contributed by atoms with E-state index in [2.05, 4.69) is 32.8 Å². The summed E-state index contributed by atoms with van der Waals surface area (Å²) in [5.74, 6) is 0.749. The highest BCUT2D eigenvalue weighted by Gasteiger charge is 2.13. The van der Waals surface area contributed by atoms with Gasteiger partial charge < -0.3 is 5.32 Å². The van der Waals surface area contributed by atoms with Crippen LogP contribution in [0.2, 0.25) is 10.0 Å². The molecule has 2 aromatic heterocycles. The van der Waals surface area contributed by atoms with Crippen LogP contribution < -0.4 is 5.32 Å². The summed E-state index contributed by atoms with van der Waals surface area (Å²) in [4.78, 5) is 9.74. The fraction of sp³-hybridized carbons (Fsp3) is 0. The third-order valence-electron chi connectivity index (χ3n) is 3.64. The van der Waals surface area contributed by atoms with E-state index in [0.717, 1.165) is 32.8 Å². The number of aromatic nitrogens is 2. The van der Waals surface area contributed by atoms with Gasteiger partial charge in [0.25, 0.3) is 0 Å². The Kier molecular flexibility index (Phi) is 5.45.